The Kier molecular flexibility index (Phi) is 6.01. The Morgan fingerprint density at radius 2 is 2.00 bits per heavy atom. The van der Waals surface area contributed by atoms with Gasteiger partial charge in [0.15, 0.2) is 0 Å². The number of amides is 2. The van der Waals surface area contributed by atoms with Gasteiger partial charge in [-0.15, -0.1) is 0 Å². The summed E-state index contributed by atoms with van der Waals surface area (Å²) in [5, 5.41) is 10.6. The highest BCUT2D eigenvalue weighted by Gasteiger charge is 2.15. The monoisotopic (exact) mass is 335 g/mol. The molecule has 0 saturated carbocycles. The van der Waals surface area contributed by atoms with Gasteiger partial charge in [0, 0.05) is 24.8 Å². The average molecular weight is 336 g/mol. The van der Waals surface area contributed by atoms with Crippen molar-refractivity contribution in [3.8, 4) is 0 Å². The zero-order chi connectivity index (χ0) is 16.8. The van der Waals surface area contributed by atoms with Crippen LogP contribution in [0.2, 0.25) is 5.02 Å². The standard InChI is InChI=1S/C16H22ClN5O/c1-21(2)11-15(12-4-6-13(17)7-5-12)20-16(23)18-10-14-8-9-19-22(14)3/h4-9,15H,10-11H2,1-3H3,(H2,18,20,23)/t15-/m1/s1. The van der Waals surface area contributed by atoms with Crippen LogP contribution >= 0.6 is 11.6 Å². The van der Waals surface area contributed by atoms with Crippen molar-refractivity contribution in [2.45, 2.75) is 12.6 Å². The zero-order valence-electron chi connectivity index (χ0n) is 13.6. The molecule has 0 aliphatic carbocycles. The van der Waals surface area contributed by atoms with Gasteiger partial charge in [0.05, 0.1) is 18.3 Å². The molecule has 1 aromatic carbocycles. The fourth-order valence-corrected chi connectivity index (χ4v) is 2.38. The summed E-state index contributed by atoms with van der Waals surface area (Å²) in [5.74, 6) is 0. The van der Waals surface area contributed by atoms with E-state index in [1.165, 1.54) is 0 Å². The molecule has 7 heteroatoms. The number of carbonyl (C=O) groups is 1. The smallest absolute Gasteiger partial charge is 0.315 e. The average Bonchev–Trinajstić information content (AvgIpc) is 2.90. The van der Waals surface area contributed by atoms with Gasteiger partial charge in [-0.3, -0.25) is 4.68 Å². The van der Waals surface area contributed by atoms with Crippen LogP contribution in [0.3, 0.4) is 0 Å². The second-order valence-corrected chi connectivity index (χ2v) is 6.08. The third-order valence-corrected chi connectivity index (χ3v) is 3.73. The second kappa shape index (κ2) is 7.99. The van der Waals surface area contributed by atoms with Crippen LogP contribution in [0.4, 0.5) is 4.79 Å². The van der Waals surface area contributed by atoms with Crippen LogP contribution in [0.5, 0.6) is 0 Å². The number of likely N-dealkylation sites (N-methyl/N-ethyl adjacent to an activating group) is 1. The largest absolute Gasteiger partial charge is 0.333 e. The third kappa shape index (κ3) is 5.26. The Balaban J connectivity index is 1.98. The molecule has 0 aliphatic heterocycles. The summed E-state index contributed by atoms with van der Waals surface area (Å²) in [4.78, 5) is 14.2. The minimum absolute atomic E-state index is 0.117. The van der Waals surface area contributed by atoms with E-state index in [9.17, 15) is 4.79 Å². The van der Waals surface area contributed by atoms with Gasteiger partial charge in [0.25, 0.3) is 0 Å². The van der Waals surface area contributed by atoms with Gasteiger partial charge < -0.3 is 15.5 Å². The quantitative estimate of drug-likeness (QED) is 0.850. The van der Waals surface area contributed by atoms with Crippen LogP contribution in [0.25, 0.3) is 0 Å². The normalized spacial score (nSPS) is 12.2. The maximum atomic E-state index is 12.2. The van der Waals surface area contributed by atoms with Gasteiger partial charge in [0.2, 0.25) is 0 Å². The Morgan fingerprint density at radius 3 is 2.57 bits per heavy atom. The summed E-state index contributed by atoms with van der Waals surface area (Å²) in [6, 6.07) is 9.05. The van der Waals surface area contributed by atoms with Crippen molar-refractivity contribution in [3.05, 3.63) is 52.8 Å². The summed E-state index contributed by atoms with van der Waals surface area (Å²) in [6.45, 7) is 1.12. The lowest BCUT2D eigenvalue weighted by molar-refractivity contribution is 0.232. The van der Waals surface area contributed by atoms with Crippen molar-refractivity contribution < 1.29 is 4.79 Å². The maximum Gasteiger partial charge on any atom is 0.315 e. The first-order chi connectivity index (χ1) is 11.0. The van der Waals surface area contributed by atoms with Crippen LogP contribution in [0.15, 0.2) is 36.5 Å². The molecule has 23 heavy (non-hydrogen) atoms. The Hall–Kier alpha value is -2.05. The Labute approximate surface area is 141 Å². The number of hydrogen-bond donors (Lipinski definition) is 2. The number of benzene rings is 1. The minimum atomic E-state index is -0.215. The molecule has 1 aromatic heterocycles. The first-order valence-electron chi connectivity index (χ1n) is 7.37. The number of aryl methyl sites for hydroxylation is 1. The fraction of sp³-hybridized carbons (Fsp3) is 0.375. The molecule has 1 atom stereocenters. The molecule has 124 valence electrons. The van der Waals surface area contributed by atoms with Crippen LogP contribution in [0, 0.1) is 0 Å². The van der Waals surface area contributed by atoms with Crippen LogP contribution < -0.4 is 10.6 Å². The maximum absolute atomic E-state index is 12.2. The summed E-state index contributed by atoms with van der Waals surface area (Å²) in [5.41, 5.74) is 1.95. The van der Waals surface area contributed by atoms with Crippen LogP contribution in [0.1, 0.15) is 17.3 Å². The van der Waals surface area contributed by atoms with E-state index in [2.05, 4.69) is 15.7 Å². The molecule has 0 bridgehead atoms. The molecule has 0 radical (unpaired) electrons. The predicted molar refractivity (Wildman–Crippen MR) is 91.3 cm³/mol. The van der Waals surface area contributed by atoms with Gasteiger partial charge in [-0.25, -0.2) is 4.79 Å². The van der Waals surface area contributed by atoms with Crippen molar-refractivity contribution >= 4 is 17.6 Å². The number of rotatable bonds is 6. The molecular weight excluding hydrogens is 314 g/mol. The molecule has 2 rings (SSSR count). The van der Waals surface area contributed by atoms with E-state index in [4.69, 9.17) is 11.6 Å². The molecular formula is C16H22ClN5O. The minimum Gasteiger partial charge on any atom is -0.333 e. The highest BCUT2D eigenvalue weighted by Crippen LogP contribution is 2.17. The molecule has 0 saturated heterocycles. The van der Waals surface area contributed by atoms with Gasteiger partial charge in [-0.05, 0) is 37.9 Å². The number of carbonyl (C=O) groups excluding carboxylic acids is 1. The molecule has 2 aromatic rings. The molecule has 0 fully saturated rings. The Morgan fingerprint density at radius 1 is 1.30 bits per heavy atom. The lowest BCUT2D eigenvalue weighted by Crippen LogP contribution is -2.41. The van der Waals surface area contributed by atoms with E-state index in [0.717, 1.165) is 11.3 Å². The highest BCUT2D eigenvalue weighted by atomic mass is 35.5. The van der Waals surface area contributed by atoms with Crippen molar-refractivity contribution in [1.29, 1.82) is 0 Å². The SMILES string of the molecule is CN(C)C[C@@H](NC(=O)NCc1ccnn1C)c1ccc(Cl)cc1. The number of nitrogens with one attached hydrogen (secondary N) is 2. The van der Waals surface area contributed by atoms with Gasteiger partial charge in [0.1, 0.15) is 0 Å². The lowest BCUT2D eigenvalue weighted by atomic mass is 10.1. The summed E-state index contributed by atoms with van der Waals surface area (Å²) < 4.78 is 1.73. The summed E-state index contributed by atoms with van der Waals surface area (Å²) >= 11 is 5.93. The van der Waals surface area contributed by atoms with E-state index in [1.807, 2.05) is 56.4 Å². The Bertz CT molecular complexity index is 638. The van der Waals surface area contributed by atoms with Crippen molar-refractivity contribution in [1.82, 2.24) is 25.3 Å². The van der Waals surface area contributed by atoms with Gasteiger partial charge >= 0.3 is 6.03 Å². The van der Waals surface area contributed by atoms with E-state index >= 15 is 0 Å². The number of aromatic nitrogens is 2. The molecule has 0 aliphatic rings. The van der Waals surface area contributed by atoms with Crippen LogP contribution in [-0.4, -0.2) is 41.4 Å². The fourth-order valence-electron chi connectivity index (χ4n) is 2.25. The number of nitrogens with zero attached hydrogens (tertiary/aromatic N) is 3. The zero-order valence-corrected chi connectivity index (χ0v) is 14.3. The topological polar surface area (TPSA) is 62.2 Å². The van der Waals surface area contributed by atoms with E-state index in [-0.39, 0.29) is 12.1 Å². The van der Waals surface area contributed by atoms with Gasteiger partial charge in [-0.1, -0.05) is 23.7 Å². The van der Waals surface area contributed by atoms with Crippen molar-refractivity contribution in [2.75, 3.05) is 20.6 Å². The highest BCUT2D eigenvalue weighted by molar-refractivity contribution is 6.30. The molecule has 2 amide bonds. The molecule has 0 spiro atoms. The van der Waals surface area contributed by atoms with Crippen molar-refractivity contribution in [3.63, 3.8) is 0 Å². The molecule has 2 N–H and O–H groups in total. The van der Waals surface area contributed by atoms with E-state index in [0.29, 0.717) is 18.1 Å². The molecule has 6 nitrogen and oxygen atoms in total. The number of hydrogen-bond acceptors (Lipinski definition) is 3. The summed E-state index contributed by atoms with van der Waals surface area (Å²) in [7, 11) is 5.79. The van der Waals surface area contributed by atoms with Crippen molar-refractivity contribution in [2.24, 2.45) is 7.05 Å². The second-order valence-electron chi connectivity index (χ2n) is 5.64. The number of halogens is 1. The molecule has 1 heterocycles. The lowest BCUT2D eigenvalue weighted by Gasteiger charge is -2.23. The third-order valence-electron chi connectivity index (χ3n) is 3.48. The molecule has 0 unspecified atom stereocenters. The first-order valence-corrected chi connectivity index (χ1v) is 7.75. The predicted octanol–water partition coefficient (Wildman–Crippen LogP) is 2.18. The van der Waals surface area contributed by atoms with Gasteiger partial charge in [-0.2, -0.15) is 5.10 Å². The number of urea groups is 1. The van der Waals surface area contributed by atoms with E-state index in [1.54, 1.807) is 10.9 Å². The first kappa shape index (κ1) is 17.3. The van der Waals surface area contributed by atoms with E-state index < -0.39 is 0 Å². The summed E-state index contributed by atoms with van der Waals surface area (Å²) in [6.07, 6.45) is 1.71. The van der Waals surface area contributed by atoms with Crippen LogP contribution in [-0.2, 0) is 13.6 Å².